The summed E-state index contributed by atoms with van der Waals surface area (Å²) < 4.78 is 0. The minimum absolute atomic E-state index is 0.0859. The van der Waals surface area contributed by atoms with Crippen LogP contribution < -0.4 is 11.1 Å². The molecule has 1 rings (SSSR count). The van der Waals surface area contributed by atoms with Gasteiger partial charge in [-0.1, -0.05) is 13.8 Å². The molecule has 0 unspecified atom stereocenters. The van der Waals surface area contributed by atoms with Crippen molar-refractivity contribution in [3.8, 4) is 0 Å². The van der Waals surface area contributed by atoms with Gasteiger partial charge in [0.1, 0.15) is 0 Å². The molecule has 0 aliphatic heterocycles. The number of carboxylic acids is 1. The van der Waals surface area contributed by atoms with E-state index >= 15 is 0 Å². The van der Waals surface area contributed by atoms with Crippen molar-refractivity contribution < 1.29 is 14.7 Å². The fourth-order valence-corrected chi connectivity index (χ4v) is 2.33. The van der Waals surface area contributed by atoms with Crippen molar-refractivity contribution in [1.82, 2.24) is 0 Å². The van der Waals surface area contributed by atoms with Gasteiger partial charge in [-0.05, 0) is 55.5 Å². The fraction of sp³-hybridized carbons (Fsp3) is 0.500. The summed E-state index contributed by atoms with van der Waals surface area (Å²) in [7, 11) is 0. The van der Waals surface area contributed by atoms with Crippen molar-refractivity contribution in [2.24, 2.45) is 17.6 Å². The number of anilines is 1. The summed E-state index contributed by atoms with van der Waals surface area (Å²) in [4.78, 5) is 22.9. The minimum Gasteiger partial charge on any atom is -0.478 e. The minimum atomic E-state index is -0.976. The van der Waals surface area contributed by atoms with E-state index in [4.69, 9.17) is 10.8 Å². The van der Waals surface area contributed by atoms with Crippen LogP contribution in [0.25, 0.3) is 0 Å². The van der Waals surface area contributed by atoms with Crippen molar-refractivity contribution in [1.29, 1.82) is 0 Å². The smallest absolute Gasteiger partial charge is 0.335 e. The number of benzene rings is 1. The lowest BCUT2D eigenvalue weighted by Crippen LogP contribution is -2.23. The van der Waals surface area contributed by atoms with E-state index in [0.717, 1.165) is 12.0 Å². The maximum Gasteiger partial charge on any atom is 0.335 e. The van der Waals surface area contributed by atoms with E-state index in [1.165, 1.54) is 6.07 Å². The van der Waals surface area contributed by atoms with E-state index in [1.54, 1.807) is 19.1 Å². The van der Waals surface area contributed by atoms with Gasteiger partial charge in [-0.3, -0.25) is 4.79 Å². The second-order valence-corrected chi connectivity index (χ2v) is 5.82. The van der Waals surface area contributed by atoms with Crippen molar-refractivity contribution in [2.75, 3.05) is 11.9 Å². The van der Waals surface area contributed by atoms with Gasteiger partial charge in [0.2, 0.25) is 5.91 Å². The first kappa shape index (κ1) is 17.2. The number of carbonyl (C=O) groups is 2. The predicted octanol–water partition coefficient (Wildman–Crippen LogP) is 2.64. The first-order valence-corrected chi connectivity index (χ1v) is 7.17. The van der Waals surface area contributed by atoms with Gasteiger partial charge in [-0.15, -0.1) is 0 Å². The topological polar surface area (TPSA) is 92.4 Å². The highest BCUT2D eigenvalue weighted by atomic mass is 16.4. The molecule has 21 heavy (non-hydrogen) atoms. The Morgan fingerprint density at radius 1 is 1.33 bits per heavy atom. The number of nitrogens with one attached hydrogen (secondary N) is 1. The molecule has 0 aliphatic rings. The van der Waals surface area contributed by atoms with Crippen molar-refractivity contribution in [3.63, 3.8) is 0 Å². The molecule has 0 spiro atoms. The van der Waals surface area contributed by atoms with Gasteiger partial charge in [-0.2, -0.15) is 0 Å². The van der Waals surface area contributed by atoms with Crippen LogP contribution in [-0.4, -0.2) is 23.5 Å². The summed E-state index contributed by atoms with van der Waals surface area (Å²) in [5.41, 5.74) is 7.29. The second kappa shape index (κ2) is 7.78. The van der Waals surface area contributed by atoms with Gasteiger partial charge in [0.15, 0.2) is 0 Å². The number of carbonyl (C=O) groups excluding carboxylic acids is 1. The molecule has 0 bridgehead atoms. The Balaban J connectivity index is 2.68. The quantitative estimate of drug-likeness (QED) is 0.720. The highest BCUT2D eigenvalue weighted by Gasteiger charge is 2.15. The van der Waals surface area contributed by atoms with Crippen LogP contribution in [0.3, 0.4) is 0 Å². The summed E-state index contributed by atoms with van der Waals surface area (Å²) >= 11 is 0. The van der Waals surface area contributed by atoms with E-state index in [2.05, 4.69) is 19.2 Å². The van der Waals surface area contributed by atoms with Crippen LogP contribution in [0.4, 0.5) is 5.69 Å². The van der Waals surface area contributed by atoms with Crippen molar-refractivity contribution in [2.45, 2.75) is 33.6 Å². The lowest BCUT2D eigenvalue weighted by molar-refractivity contribution is -0.117. The Bertz CT molecular complexity index is 512. The predicted molar refractivity (Wildman–Crippen MR) is 83.4 cm³/mol. The molecule has 4 N–H and O–H groups in total. The average molecular weight is 292 g/mol. The SMILES string of the molecule is Cc1cc(C(=O)O)ccc1NC(=O)C[C@@H](CN)CC(C)C. The number of hydrogen-bond acceptors (Lipinski definition) is 3. The monoisotopic (exact) mass is 292 g/mol. The number of aromatic carboxylic acids is 1. The van der Waals surface area contributed by atoms with Crippen LogP contribution in [-0.2, 0) is 4.79 Å². The lowest BCUT2D eigenvalue weighted by Gasteiger charge is -2.17. The molecule has 0 heterocycles. The molecule has 0 aromatic heterocycles. The zero-order valence-corrected chi connectivity index (χ0v) is 12.8. The van der Waals surface area contributed by atoms with E-state index in [9.17, 15) is 9.59 Å². The average Bonchev–Trinajstić information content (AvgIpc) is 2.39. The Kier molecular flexibility index (Phi) is 6.37. The third-order valence-corrected chi connectivity index (χ3v) is 3.36. The molecule has 0 saturated heterocycles. The van der Waals surface area contributed by atoms with Crippen LogP contribution in [0.5, 0.6) is 0 Å². The van der Waals surface area contributed by atoms with Gasteiger partial charge in [0.25, 0.3) is 0 Å². The van der Waals surface area contributed by atoms with Gasteiger partial charge < -0.3 is 16.2 Å². The summed E-state index contributed by atoms with van der Waals surface area (Å²) in [5.74, 6) is -0.389. The van der Waals surface area contributed by atoms with Crippen molar-refractivity contribution >= 4 is 17.6 Å². The van der Waals surface area contributed by atoms with E-state index in [1.807, 2.05) is 0 Å². The lowest BCUT2D eigenvalue weighted by atomic mass is 9.94. The summed E-state index contributed by atoms with van der Waals surface area (Å²) in [5, 5.41) is 11.7. The first-order chi connectivity index (χ1) is 9.83. The van der Waals surface area contributed by atoms with Gasteiger partial charge in [0.05, 0.1) is 5.56 Å². The molecular formula is C16H24N2O3. The van der Waals surface area contributed by atoms with Crippen molar-refractivity contribution in [3.05, 3.63) is 29.3 Å². The standard InChI is InChI=1S/C16H24N2O3/c1-10(2)6-12(9-17)8-15(19)18-14-5-4-13(16(20)21)7-11(14)3/h4-5,7,10,12H,6,8-9,17H2,1-3H3,(H,18,19)(H,20,21)/t12-/m0/s1. The molecule has 1 atom stereocenters. The summed E-state index contributed by atoms with van der Waals surface area (Å²) in [6, 6.07) is 4.66. The number of carboxylic acid groups (broad SMARTS) is 1. The summed E-state index contributed by atoms with van der Waals surface area (Å²) in [6.07, 6.45) is 1.30. The first-order valence-electron chi connectivity index (χ1n) is 7.17. The molecule has 0 aliphatic carbocycles. The van der Waals surface area contributed by atoms with E-state index in [-0.39, 0.29) is 17.4 Å². The van der Waals surface area contributed by atoms with Gasteiger partial charge in [-0.25, -0.2) is 4.79 Å². The van der Waals surface area contributed by atoms with Crippen LogP contribution in [0.2, 0.25) is 0 Å². The molecule has 1 aromatic carbocycles. The maximum atomic E-state index is 12.1. The van der Waals surface area contributed by atoms with E-state index in [0.29, 0.717) is 24.6 Å². The van der Waals surface area contributed by atoms with Crippen LogP contribution in [0.1, 0.15) is 42.6 Å². The molecule has 0 radical (unpaired) electrons. The molecular weight excluding hydrogens is 268 g/mol. The van der Waals surface area contributed by atoms with Crippen LogP contribution in [0, 0.1) is 18.8 Å². The van der Waals surface area contributed by atoms with E-state index < -0.39 is 5.97 Å². The molecule has 1 amide bonds. The molecule has 5 nitrogen and oxygen atoms in total. The maximum absolute atomic E-state index is 12.1. The highest BCUT2D eigenvalue weighted by molar-refractivity contribution is 5.93. The Morgan fingerprint density at radius 2 is 2.00 bits per heavy atom. The molecule has 1 aromatic rings. The number of hydrogen-bond donors (Lipinski definition) is 3. The number of rotatable bonds is 7. The number of nitrogens with two attached hydrogens (primary N) is 1. The van der Waals surface area contributed by atoms with Gasteiger partial charge >= 0.3 is 5.97 Å². The zero-order valence-electron chi connectivity index (χ0n) is 12.8. The largest absolute Gasteiger partial charge is 0.478 e. The Hall–Kier alpha value is -1.88. The zero-order chi connectivity index (χ0) is 16.0. The second-order valence-electron chi connectivity index (χ2n) is 5.82. The van der Waals surface area contributed by atoms with Gasteiger partial charge in [0, 0.05) is 12.1 Å². The fourth-order valence-electron chi connectivity index (χ4n) is 2.33. The number of amides is 1. The van der Waals surface area contributed by atoms with Crippen LogP contribution >= 0.6 is 0 Å². The third-order valence-electron chi connectivity index (χ3n) is 3.36. The number of aryl methyl sites for hydroxylation is 1. The third kappa shape index (κ3) is 5.55. The normalized spacial score (nSPS) is 12.2. The van der Waals surface area contributed by atoms with Crippen LogP contribution in [0.15, 0.2) is 18.2 Å². The molecule has 5 heteroatoms. The Morgan fingerprint density at radius 3 is 2.48 bits per heavy atom. The molecule has 0 fully saturated rings. The highest BCUT2D eigenvalue weighted by Crippen LogP contribution is 2.19. The summed E-state index contributed by atoms with van der Waals surface area (Å²) in [6.45, 7) is 6.48. The molecule has 0 saturated carbocycles. The molecule has 116 valence electrons. The Labute approximate surface area is 125 Å².